The van der Waals surface area contributed by atoms with E-state index in [-0.39, 0.29) is 5.91 Å². The molecule has 2 aromatic carbocycles. The SMILES string of the molecule is CCc1cc(Cl)c(OC)c(N2CCN(CCCCOc3ccc4c(c3)NC(=O)CC4)CC2)c1. The van der Waals surface area contributed by atoms with Gasteiger partial charge < -0.3 is 19.7 Å². The second-order valence-electron chi connectivity index (χ2n) is 8.73. The van der Waals surface area contributed by atoms with Gasteiger partial charge in [0.15, 0.2) is 5.75 Å². The van der Waals surface area contributed by atoms with Crippen LogP contribution in [-0.2, 0) is 17.6 Å². The number of anilines is 2. The summed E-state index contributed by atoms with van der Waals surface area (Å²) in [5.74, 6) is 1.69. The fourth-order valence-corrected chi connectivity index (χ4v) is 4.87. The van der Waals surface area contributed by atoms with Crippen molar-refractivity contribution in [1.29, 1.82) is 0 Å². The Hall–Kier alpha value is -2.44. The number of carbonyl (C=O) groups is 1. The minimum Gasteiger partial charge on any atom is -0.494 e. The lowest BCUT2D eigenvalue weighted by Crippen LogP contribution is -2.46. The maximum absolute atomic E-state index is 11.6. The standard InChI is InChI=1S/C26H34ClN3O3/c1-3-19-16-22(27)26(32-2)24(17-19)30-13-11-29(12-14-30)10-4-5-15-33-21-8-6-20-7-9-25(31)28-23(20)18-21/h6,8,16-18H,3-5,7,9-15H2,1-2H3,(H,28,31). The molecule has 33 heavy (non-hydrogen) atoms. The lowest BCUT2D eigenvalue weighted by molar-refractivity contribution is -0.116. The number of nitrogens with one attached hydrogen (secondary N) is 1. The Labute approximate surface area is 201 Å². The van der Waals surface area contributed by atoms with Gasteiger partial charge in [0.1, 0.15) is 5.75 Å². The quantitative estimate of drug-likeness (QED) is 0.533. The Morgan fingerprint density at radius 1 is 1.06 bits per heavy atom. The van der Waals surface area contributed by atoms with E-state index in [1.807, 2.05) is 18.2 Å². The molecule has 2 aliphatic heterocycles. The molecule has 1 fully saturated rings. The molecule has 2 aromatic rings. The number of piperazine rings is 1. The first-order valence-corrected chi connectivity index (χ1v) is 12.3. The van der Waals surface area contributed by atoms with E-state index in [9.17, 15) is 4.79 Å². The third-order valence-electron chi connectivity index (χ3n) is 6.52. The lowest BCUT2D eigenvalue weighted by atomic mass is 10.0. The number of aryl methyl sites for hydroxylation is 2. The minimum atomic E-state index is 0.0827. The summed E-state index contributed by atoms with van der Waals surface area (Å²) in [5.41, 5.74) is 4.42. The molecule has 0 unspecified atom stereocenters. The Bertz CT molecular complexity index is 973. The van der Waals surface area contributed by atoms with Crippen molar-refractivity contribution in [3.05, 3.63) is 46.5 Å². The molecule has 1 amide bonds. The molecule has 6 nitrogen and oxygen atoms in total. The Kier molecular flexibility index (Phi) is 7.99. The summed E-state index contributed by atoms with van der Waals surface area (Å²) in [6.07, 6.45) is 4.43. The number of ether oxygens (including phenoxy) is 2. The van der Waals surface area contributed by atoms with Crippen molar-refractivity contribution in [2.75, 3.05) is 56.7 Å². The first-order valence-electron chi connectivity index (χ1n) is 12.0. The molecule has 0 radical (unpaired) electrons. The highest BCUT2D eigenvalue weighted by Crippen LogP contribution is 2.37. The monoisotopic (exact) mass is 471 g/mol. The molecule has 0 saturated carbocycles. The fourth-order valence-electron chi connectivity index (χ4n) is 4.56. The molecule has 1 N–H and O–H groups in total. The van der Waals surface area contributed by atoms with Gasteiger partial charge in [-0.25, -0.2) is 0 Å². The van der Waals surface area contributed by atoms with E-state index >= 15 is 0 Å². The molecule has 0 atom stereocenters. The van der Waals surface area contributed by atoms with Crippen LogP contribution >= 0.6 is 11.6 Å². The Morgan fingerprint density at radius 3 is 2.64 bits per heavy atom. The molecule has 178 valence electrons. The number of fused-ring (bicyclic) bond motifs is 1. The van der Waals surface area contributed by atoms with E-state index in [0.29, 0.717) is 18.1 Å². The van der Waals surface area contributed by atoms with Gasteiger partial charge in [-0.3, -0.25) is 9.69 Å². The van der Waals surface area contributed by atoms with Crippen molar-refractivity contribution >= 4 is 28.9 Å². The number of hydrogen-bond donors (Lipinski definition) is 1. The molecule has 0 aromatic heterocycles. The number of nitrogens with zero attached hydrogens (tertiary/aromatic N) is 2. The maximum atomic E-state index is 11.6. The molecule has 2 heterocycles. The molecule has 1 saturated heterocycles. The van der Waals surface area contributed by atoms with E-state index in [0.717, 1.165) is 81.3 Å². The van der Waals surface area contributed by atoms with Crippen LogP contribution in [0.5, 0.6) is 11.5 Å². The van der Waals surface area contributed by atoms with Crippen molar-refractivity contribution in [2.24, 2.45) is 0 Å². The Balaban J connectivity index is 1.19. The van der Waals surface area contributed by atoms with Crippen LogP contribution in [0.4, 0.5) is 11.4 Å². The van der Waals surface area contributed by atoms with Crippen molar-refractivity contribution in [3.8, 4) is 11.5 Å². The van der Waals surface area contributed by atoms with Crippen LogP contribution in [0.2, 0.25) is 5.02 Å². The summed E-state index contributed by atoms with van der Waals surface area (Å²) in [4.78, 5) is 16.5. The van der Waals surface area contributed by atoms with Gasteiger partial charge in [0.2, 0.25) is 5.91 Å². The van der Waals surface area contributed by atoms with Crippen LogP contribution in [0.15, 0.2) is 30.3 Å². The second kappa shape index (κ2) is 11.1. The first kappa shape index (κ1) is 23.7. The van der Waals surface area contributed by atoms with E-state index < -0.39 is 0 Å². The number of unbranched alkanes of at least 4 members (excludes halogenated alkanes) is 1. The third kappa shape index (κ3) is 5.92. The van der Waals surface area contributed by atoms with Gasteiger partial charge in [0, 0.05) is 44.4 Å². The zero-order valence-electron chi connectivity index (χ0n) is 19.7. The van der Waals surface area contributed by atoms with Crippen molar-refractivity contribution < 1.29 is 14.3 Å². The number of benzene rings is 2. The number of amides is 1. The normalized spacial score (nSPS) is 16.3. The van der Waals surface area contributed by atoms with Crippen molar-refractivity contribution in [3.63, 3.8) is 0 Å². The molecule has 4 rings (SSSR count). The van der Waals surface area contributed by atoms with Crippen LogP contribution in [0.25, 0.3) is 0 Å². The van der Waals surface area contributed by atoms with Crippen molar-refractivity contribution in [1.82, 2.24) is 4.90 Å². The molecule has 2 aliphatic rings. The molecule has 0 aliphatic carbocycles. The van der Waals surface area contributed by atoms with Crippen molar-refractivity contribution in [2.45, 2.75) is 39.0 Å². The third-order valence-corrected chi connectivity index (χ3v) is 6.80. The van der Waals surface area contributed by atoms with Crippen LogP contribution in [-0.4, -0.2) is 57.2 Å². The predicted molar refractivity (Wildman–Crippen MR) is 134 cm³/mol. The van der Waals surface area contributed by atoms with Gasteiger partial charge in [0.05, 0.1) is 24.4 Å². The summed E-state index contributed by atoms with van der Waals surface area (Å²) in [6, 6.07) is 10.2. The smallest absolute Gasteiger partial charge is 0.224 e. The number of hydrogen-bond acceptors (Lipinski definition) is 5. The molecular formula is C26H34ClN3O3. The van der Waals surface area contributed by atoms with Crippen LogP contribution in [0.1, 0.15) is 37.3 Å². The summed E-state index contributed by atoms with van der Waals surface area (Å²) in [6.45, 7) is 7.91. The second-order valence-corrected chi connectivity index (χ2v) is 9.14. The van der Waals surface area contributed by atoms with Crippen LogP contribution in [0, 0.1) is 0 Å². The largest absolute Gasteiger partial charge is 0.494 e. The van der Waals surface area contributed by atoms with Gasteiger partial charge in [-0.05, 0) is 61.6 Å². The van der Waals surface area contributed by atoms with Crippen LogP contribution in [0.3, 0.4) is 0 Å². The molecular weight excluding hydrogens is 438 g/mol. The topological polar surface area (TPSA) is 54.0 Å². The first-order chi connectivity index (χ1) is 16.1. The molecule has 7 heteroatoms. The minimum absolute atomic E-state index is 0.0827. The molecule has 0 spiro atoms. The van der Waals surface area contributed by atoms with E-state index in [1.165, 1.54) is 11.1 Å². The van der Waals surface area contributed by atoms with E-state index in [1.54, 1.807) is 7.11 Å². The predicted octanol–water partition coefficient (Wildman–Crippen LogP) is 4.78. The number of carbonyl (C=O) groups excluding carboxylic acids is 1. The number of halogens is 1. The summed E-state index contributed by atoms with van der Waals surface area (Å²) in [5, 5.41) is 3.62. The summed E-state index contributed by atoms with van der Waals surface area (Å²) >= 11 is 6.45. The zero-order chi connectivity index (χ0) is 23.2. The van der Waals surface area contributed by atoms with Gasteiger partial charge in [-0.2, -0.15) is 0 Å². The highest BCUT2D eigenvalue weighted by atomic mass is 35.5. The van der Waals surface area contributed by atoms with Gasteiger partial charge in [-0.15, -0.1) is 0 Å². The molecule has 0 bridgehead atoms. The van der Waals surface area contributed by atoms with Gasteiger partial charge in [0.25, 0.3) is 0 Å². The zero-order valence-corrected chi connectivity index (χ0v) is 20.4. The van der Waals surface area contributed by atoms with Gasteiger partial charge in [-0.1, -0.05) is 24.6 Å². The average molecular weight is 472 g/mol. The Morgan fingerprint density at radius 2 is 1.88 bits per heavy atom. The lowest BCUT2D eigenvalue weighted by Gasteiger charge is -2.37. The number of rotatable bonds is 9. The van der Waals surface area contributed by atoms with Crippen LogP contribution < -0.4 is 19.7 Å². The fraction of sp³-hybridized carbons (Fsp3) is 0.500. The average Bonchev–Trinajstić information content (AvgIpc) is 2.83. The number of methoxy groups -OCH3 is 1. The highest BCUT2D eigenvalue weighted by molar-refractivity contribution is 6.32. The highest BCUT2D eigenvalue weighted by Gasteiger charge is 2.21. The van der Waals surface area contributed by atoms with Gasteiger partial charge >= 0.3 is 0 Å². The maximum Gasteiger partial charge on any atom is 0.224 e. The van der Waals surface area contributed by atoms with E-state index in [4.69, 9.17) is 21.1 Å². The van der Waals surface area contributed by atoms with E-state index in [2.05, 4.69) is 34.2 Å². The summed E-state index contributed by atoms with van der Waals surface area (Å²) in [7, 11) is 1.69. The summed E-state index contributed by atoms with van der Waals surface area (Å²) < 4.78 is 11.5.